The van der Waals surface area contributed by atoms with Crippen molar-refractivity contribution in [2.45, 2.75) is 34.2 Å². The Labute approximate surface area is 238 Å². The Kier molecular flexibility index (Phi) is 7.52. The molecule has 0 amide bonds. The summed E-state index contributed by atoms with van der Waals surface area (Å²) in [5.74, 6) is -0.105. The van der Waals surface area contributed by atoms with Crippen molar-refractivity contribution < 1.29 is 33.1 Å². The fourth-order valence-electron chi connectivity index (χ4n) is 5.14. The molecular weight excluding hydrogens is 541 g/mol. The summed E-state index contributed by atoms with van der Waals surface area (Å²) in [6.45, 7) is 14.3. The van der Waals surface area contributed by atoms with Gasteiger partial charge in [-0.1, -0.05) is 43.5 Å². The van der Waals surface area contributed by atoms with Crippen molar-refractivity contribution in [3.8, 4) is 17.2 Å². The molecule has 1 aliphatic heterocycles. The van der Waals surface area contributed by atoms with E-state index in [4.69, 9.17) is 18.7 Å². The van der Waals surface area contributed by atoms with Crippen LogP contribution in [0.4, 0.5) is 0 Å². The van der Waals surface area contributed by atoms with Crippen LogP contribution in [-0.2, 0) is 25.5 Å². The average molecular weight is 570 g/mol. The third-order valence-corrected chi connectivity index (χ3v) is 8.53. The topological polar surface area (TPSA) is 93.1 Å². The maximum atomic E-state index is 12.6. The maximum absolute atomic E-state index is 12.6. The first-order valence-electron chi connectivity index (χ1n) is 12.9. The first kappa shape index (κ1) is 27.9. The van der Waals surface area contributed by atoms with Gasteiger partial charge >= 0.3 is 17.9 Å². The number of aryl methyl sites for hydroxylation is 1. The van der Waals surface area contributed by atoms with E-state index in [1.165, 1.54) is 20.8 Å². The molecule has 0 N–H and O–H groups in total. The van der Waals surface area contributed by atoms with Gasteiger partial charge in [-0.15, -0.1) is 0 Å². The van der Waals surface area contributed by atoms with E-state index in [1.807, 2.05) is 41.8 Å². The van der Waals surface area contributed by atoms with E-state index in [9.17, 15) is 14.4 Å². The molecule has 1 atom stereocenters. The summed E-state index contributed by atoms with van der Waals surface area (Å²) >= 11 is 0. The van der Waals surface area contributed by atoms with Gasteiger partial charge in [-0.25, -0.2) is 0 Å². The highest BCUT2D eigenvalue weighted by atomic mass is 31.1. The first-order valence-corrected chi connectivity index (χ1v) is 14.2. The Morgan fingerprint density at radius 3 is 2.24 bits per heavy atom. The number of carbonyl (C=O) groups excluding carboxylic acids is 3. The second-order valence-electron chi connectivity index (χ2n) is 9.24. The average Bonchev–Trinajstić information content (AvgIpc) is 3.26. The quantitative estimate of drug-likeness (QED) is 0.152. The fourth-order valence-corrected chi connectivity index (χ4v) is 7.18. The number of fused-ring (bicyclic) bond motifs is 4. The van der Waals surface area contributed by atoms with E-state index in [1.54, 1.807) is 30.4 Å². The van der Waals surface area contributed by atoms with Crippen LogP contribution >= 0.6 is 8.15 Å². The molecule has 208 valence electrons. The number of hydrogen-bond donors (Lipinski definition) is 0. The number of aromatic nitrogens is 1. The Morgan fingerprint density at radius 1 is 0.902 bits per heavy atom. The predicted molar refractivity (Wildman–Crippen MR) is 160 cm³/mol. The van der Waals surface area contributed by atoms with Crippen LogP contribution in [0.5, 0.6) is 17.2 Å². The van der Waals surface area contributed by atoms with Crippen LogP contribution in [0.25, 0.3) is 27.4 Å². The van der Waals surface area contributed by atoms with Crippen molar-refractivity contribution >= 4 is 64.0 Å². The molecule has 0 fully saturated rings. The van der Waals surface area contributed by atoms with E-state index < -0.39 is 26.1 Å². The fraction of sp³-hybridized carbons (Fsp3) is 0.156. The van der Waals surface area contributed by atoms with Crippen LogP contribution in [0.1, 0.15) is 33.3 Å². The summed E-state index contributed by atoms with van der Waals surface area (Å²) in [5.41, 5.74) is 3.03. The molecule has 3 aromatic carbocycles. The van der Waals surface area contributed by atoms with E-state index in [0.717, 1.165) is 22.0 Å². The van der Waals surface area contributed by atoms with Gasteiger partial charge in [-0.3, -0.25) is 14.4 Å². The van der Waals surface area contributed by atoms with Crippen molar-refractivity contribution in [1.82, 2.24) is 4.57 Å². The molecule has 0 aliphatic carbocycles. The Bertz CT molecular complexity index is 1810. The number of ether oxygens (including phenoxy) is 3. The molecule has 0 saturated heterocycles. The van der Waals surface area contributed by atoms with Crippen LogP contribution in [0.3, 0.4) is 0 Å². The summed E-state index contributed by atoms with van der Waals surface area (Å²) < 4.78 is 25.7. The monoisotopic (exact) mass is 569 g/mol. The van der Waals surface area contributed by atoms with Gasteiger partial charge in [0.25, 0.3) is 0 Å². The standard InChI is InChI=1S/C32H28NO7P/c1-7-22-23-12-10-11-13-28(23)41(40-26(22)8-2)29-17-27(38-19(5)35)31-30(32(29)39-20(6)36)24-16-21(37-18(4)34)14-15-25(24)33(31)9-3/h7-8,10-17H,1-2,9H2,3-6H3. The molecule has 8 nitrogen and oxygen atoms in total. The van der Waals surface area contributed by atoms with Crippen molar-refractivity contribution in [2.24, 2.45) is 0 Å². The summed E-state index contributed by atoms with van der Waals surface area (Å²) in [4.78, 5) is 36.7. The number of esters is 3. The highest BCUT2D eigenvalue weighted by Crippen LogP contribution is 2.52. The first-order chi connectivity index (χ1) is 19.7. The smallest absolute Gasteiger partial charge is 0.308 e. The van der Waals surface area contributed by atoms with E-state index in [2.05, 4.69) is 13.2 Å². The minimum Gasteiger partial charge on any atom is -0.464 e. The highest BCUT2D eigenvalue weighted by Gasteiger charge is 2.34. The van der Waals surface area contributed by atoms with Crippen molar-refractivity contribution in [2.75, 3.05) is 0 Å². The molecule has 2 heterocycles. The van der Waals surface area contributed by atoms with Crippen LogP contribution in [0.15, 0.2) is 79.6 Å². The number of benzene rings is 3. The predicted octanol–water partition coefficient (Wildman–Crippen LogP) is 6.05. The van der Waals surface area contributed by atoms with Crippen LogP contribution in [-0.4, -0.2) is 22.5 Å². The zero-order chi connectivity index (χ0) is 29.4. The molecule has 0 saturated carbocycles. The van der Waals surface area contributed by atoms with Crippen molar-refractivity contribution in [1.29, 1.82) is 0 Å². The Hall–Kier alpha value is -4.68. The lowest BCUT2D eigenvalue weighted by Crippen LogP contribution is -2.24. The molecular formula is C32H28NO7P. The number of rotatable bonds is 7. The normalized spacial score (nSPS) is 14.3. The largest absolute Gasteiger partial charge is 0.464 e. The molecule has 1 unspecified atom stereocenters. The molecule has 0 radical (unpaired) electrons. The molecule has 1 aromatic heterocycles. The van der Waals surface area contributed by atoms with Gasteiger partial charge in [-0.05, 0) is 42.8 Å². The van der Waals surface area contributed by atoms with Gasteiger partial charge in [0.15, 0.2) is 19.6 Å². The van der Waals surface area contributed by atoms with Gasteiger partial charge in [0.1, 0.15) is 11.5 Å². The zero-order valence-electron chi connectivity index (χ0n) is 23.1. The second kappa shape index (κ2) is 11.1. The maximum Gasteiger partial charge on any atom is 0.308 e. The minimum atomic E-state index is -1.64. The minimum absolute atomic E-state index is 0.270. The number of nitrogens with zero attached hydrogens (tertiary/aromatic N) is 1. The summed E-state index contributed by atoms with van der Waals surface area (Å²) in [7, 11) is -1.64. The highest BCUT2D eigenvalue weighted by molar-refractivity contribution is 7.69. The molecule has 41 heavy (non-hydrogen) atoms. The summed E-state index contributed by atoms with van der Waals surface area (Å²) in [6, 6.07) is 14.7. The summed E-state index contributed by atoms with van der Waals surface area (Å²) in [5, 5.41) is 2.58. The molecule has 0 spiro atoms. The van der Waals surface area contributed by atoms with Crippen LogP contribution in [0, 0.1) is 0 Å². The van der Waals surface area contributed by atoms with Crippen LogP contribution < -0.4 is 24.8 Å². The molecule has 9 heteroatoms. The van der Waals surface area contributed by atoms with Gasteiger partial charge in [-0.2, -0.15) is 0 Å². The number of hydrogen-bond acceptors (Lipinski definition) is 7. The number of carbonyl (C=O) groups is 3. The second-order valence-corrected chi connectivity index (χ2v) is 11.0. The molecule has 4 aromatic rings. The van der Waals surface area contributed by atoms with E-state index in [0.29, 0.717) is 39.6 Å². The third-order valence-electron chi connectivity index (χ3n) is 6.55. The van der Waals surface area contributed by atoms with Crippen LogP contribution in [0.2, 0.25) is 0 Å². The van der Waals surface area contributed by atoms with Gasteiger partial charge in [0.2, 0.25) is 0 Å². The lowest BCUT2D eigenvalue weighted by atomic mass is 10.0. The lowest BCUT2D eigenvalue weighted by Gasteiger charge is -2.30. The molecule has 0 bridgehead atoms. The number of allylic oxidation sites excluding steroid dienone is 3. The third kappa shape index (κ3) is 4.92. The van der Waals surface area contributed by atoms with Gasteiger partial charge in [0.05, 0.1) is 16.2 Å². The Morgan fingerprint density at radius 2 is 1.61 bits per heavy atom. The van der Waals surface area contributed by atoms with E-state index in [-0.39, 0.29) is 11.5 Å². The summed E-state index contributed by atoms with van der Waals surface area (Å²) in [6.07, 6.45) is 3.34. The molecule has 5 rings (SSSR count). The SMILES string of the molecule is C=CC1=C(C=C)c2ccccc2P(c2cc(OC(C)=O)c3c(c2OC(C)=O)c2cc(OC(C)=O)ccc2n3CC)O1. The Balaban J connectivity index is 1.94. The van der Waals surface area contributed by atoms with E-state index >= 15 is 0 Å². The van der Waals surface area contributed by atoms with Crippen molar-refractivity contribution in [3.05, 3.63) is 85.2 Å². The van der Waals surface area contributed by atoms with Crippen molar-refractivity contribution in [3.63, 3.8) is 0 Å². The van der Waals surface area contributed by atoms with Gasteiger partial charge < -0.3 is 23.3 Å². The van der Waals surface area contributed by atoms with Gasteiger partial charge in [0, 0.05) is 49.1 Å². The molecule has 1 aliphatic rings. The zero-order valence-corrected chi connectivity index (χ0v) is 24.0. The lowest BCUT2D eigenvalue weighted by molar-refractivity contribution is -0.132.